The second-order valence-electron chi connectivity index (χ2n) is 9.82. The van der Waals surface area contributed by atoms with Crippen molar-refractivity contribution >= 4 is 5.91 Å². The molecule has 5 rings (SSSR count). The van der Waals surface area contributed by atoms with E-state index in [4.69, 9.17) is 14.2 Å². The Bertz CT molecular complexity index is 992. The number of benzene rings is 2. The summed E-state index contributed by atoms with van der Waals surface area (Å²) in [4.78, 5) is 17.8. The molecule has 1 spiro atoms. The van der Waals surface area contributed by atoms with Gasteiger partial charge in [0.2, 0.25) is 5.75 Å². The molecular weight excluding hydrogens is 416 g/mol. The third-order valence-electron chi connectivity index (χ3n) is 7.61. The summed E-state index contributed by atoms with van der Waals surface area (Å²) < 4.78 is 16.2. The van der Waals surface area contributed by atoms with Crippen molar-refractivity contribution in [1.82, 2.24) is 9.80 Å². The van der Waals surface area contributed by atoms with Crippen molar-refractivity contribution in [2.24, 2.45) is 5.41 Å². The van der Waals surface area contributed by atoms with E-state index in [-0.39, 0.29) is 5.91 Å². The molecule has 2 saturated heterocycles. The Kier molecular flexibility index (Phi) is 5.95. The lowest BCUT2D eigenvalue weighted by Gasteiger charge is -2.54. The van der Waals surface area contributed by atoms with E-state index < -0.39 is 0 Å². The number of likely N-dealkylation sites (tertiary alicyclic amines) is 2. The number of carbonyl (C=O) groups is 1. The van der Waals surface area contributed by atoms with Gasteiger partial charge in [-0.15, -0.1) is 0 Å². The molecule has 3 fully saturated rings. The quantitative estimate of drug-likeness (QED) is 0.629. The summed E-state index contributed by atoms with van der Waals surface area (Å²) in [6.07, 6.45) is 4.81. The first-order chi connectivity index (χ1) is 16.1. The summed E-state index contributed by atoms with van der Waals surface area (Å²) in [7, 11) is 4.71. The summed E-state index contributed by atoms with van der Waals surface area (Å²) in [6.45, 7) is 4.92. The number of amides is 1. The van der Waals surface area contributed by atoms with Crippen molar-refractivity contribution < 1.29 is 19.0 Å². The Hall–Kier alpha value is -2.73. The largest absolute Gasteiger partial charge is 0.493 e. The van der Waals surface area contributed by atoms with Crippen molar-refractivity contribution in [3.05, 3.63) is 53.1 Å². The van der Waals surface area contributed by atoms with Crippen LogP contribution in [0.5, 0.6) is 17.2 Å². The third-order valence-corrected chi connectivity index (χ3v) is 7.61. The summed E-state index contributed by atoms with van der Waals surface area (Å²) in [6, 6.07) is 12.5. The molecule has 2 aromatic rings. The summed E-state index contributed by atoms with van der Waals surface area (Å²) in [5, 5.41) is 0. The monoisotopic (exact) mass is 450 g/mol. The van der Waals surface area contributed by atoms with Crippen LogP contribution in [0.25, 0.3) is 0 Å². The van der Waals surface area contributed by atoms with Crippen LogP contribution in [0, 0.1) is 5.41 Å². The highest BCUT2D eigenvalue weighted by Gasteiger charge is 2.45. The molecule has 2 heterocycles. The second-order valence-corrected chi connectivity index (χ2v) is 9.82. The molecule has 3 aliphatic rings. The van der Waals surface area contributed by atoms with Crippen LogP contribution in [0.4, 0.5) is 0 Å². The van der Waals surface area contributed by atoms with Gasteiger partial charge in [-0.3, -0.25) is 9.69 Å². The van der Waals surface area contributed by atoms with Crippen LogP contribution in [0.15, 0.2) is 36.4 Å². The standard InChI is InChI=1S/C27H34N2O4/c1-31-23-14-21(15-24(32-2)25(23)33-3)26(30)29-12-10-27(11-13-29)17-28(18-27)16-20-6-4-5-7-22(20)19-8-9-19/h4-7,14-15,19H,8-13,16-18H2,1-3H3. The van der Waals surface area contributed by atoms with Gasteiger partial charge in [-0.05, 0) is 60.3 Å². The predicted molar refractivity (Wildman–Crippen MR) is 127 cm³/mol. The normalized spacial score (nSPS) is 19.8. The first kappa shape index (κ1) is 22.1. The first-order valence-electron chi connectivity index (χ1n) is 12.0. The van der Waals surface area contributed by atoms with Gasteiger partial charge in [0.05, 0.1) is 21.3 Å². The molecule has 1 aliphatic carbocycles. The Balaban J connectivity index is 1.19. The van der Waals surface area contributed by atoms with E-state index in [9.17, 15) is 4.79 Å². The zero-order valence-corrected chi connectivity index (χ0v) is 19.9. The van der Waals surface area contributed by atoms with Crippen molar-refractivity contribution in [3.8, 4) is 17.2 Å². The van der Waals surface area contributed by atoms with Crippen LogP contribution in [-0.4, -0.2) is 63.2 Å². The van der Waals surface area contributed by atoms with Gasteiger partial charge in [0, 0.05) is 38.3 Å². The van der Waals surface area contributed by atoms with Crippen molar-refractivity contribution in [3.63, 3.8) is 0 Å². The summed E-state index contributed by atoms with van der Waals surface area (Å²) in [5.74, 6) is 2.34. The number of rotatable bonds is 7. The third kappa shape index (κ3) is 4.29. The molecule has 0 bridgehead atoms. The molecular formula is C27H34N2O4. The van der Waals surface area contributed by atoms with E-state index >= 15 is 0 Å². The van der Waals surface area contributed by atoms with Gasteiger partial charge in [0.25, 0.3) is 5.91 Å². The number of piperidine rings is 1. The molecule has 6 heteroatoms. The molecule has 2 aromatic carbocycles. The lowest BCUT2D eigenvalue weighted by atomic mass is 9.71. The number of methoxy groups -OCH3 is 3. The van der Waals surface area contributed by atoms with E-state index in [1.165, 1.54) is 18.4 Å². The second kappa shape index (κ2) is 8.90. The zero-order chi connectivity index (χ0) is 23.0. The Morgan fingerprint density at radius 3 is 2.18 bits per heavy atom. The number of ether oxygens (including phenoxy) is 3. The van der Waals surface area contributed by atoms with E-state index in [0.717, 1.165) is 51.5 Å². The van der Waals surface area contributed by atoms with Gasteiger partial charge >= 0.3 is 0 Å². The Morgan fingerprint density at radius 1 is 0.970 bits per heavy atom. The lowest BCUT2D eigenvalue weighted by Crippen LogP contribution is -2.60. The number of hydrogen-bond acceptors (Lipinski definition) is 5. The fourth-order valence-electron chi connectivity index (χ4n) is 5.61. The van der Waals surface area contributed by atoms with Crippen LogP contribution in [0.2, 0.25) is 0 Å². The number of hydrogen-bond donors (Lipinski definition) is 0. The minimum atomic E-state index is 0.0265. The Morgan fingerprint density at radius 2 is 1.61 bits per heavy atom. The summed E-state index contributed by atoms with van der Waals surface area (Å²) in [5.41, 5.74) is 4.00. The van der Waals surface area contributed by atoms with Crippen LogP contribution in [-0.2, 0) is 6.54 Å². The van der Waals surface area contributed by atoms with E-state index in [1.807, 2.05) is 4.90 Å². The molecule has 0 aromatic heterocycles. The van der Waals surface area contributed by atoms with Crippen molar-refractivity contribution in [2.45, 2.75) is 38.1 Å². The minimum absolute atomic E-state index is 0.0265. The highest BCUT2D eigenvalue weighted by atomic mass is 16.5. The van der Waals surface area contributed by atoms with Gasteiger partial charge in [-0.25, -0.2) is 0 Å². The van der Waals surface area contributed by atoms with Crippen LogP contribution in [0.1, 0.15) is 53.1 Å². The van der Waals surface area contributed by atoms with E-state index in [0.29, 0.717) is 28.2 Å². The maximum absolute atomic E-state index is 13.2. The molecule has 0 unspecified atom stereocenters. The van der Waals surface area contributed by atoms with Gasteiger partial charge in [0.15, 0.2) is 11.5 Å². The van der Waals surface area contributed by atoms with Gasteiger partial charge in [-0.2, -0.15) is 0 Å². The van der Waals surface area contributed by atoms with Crippen LogP contribution >= 0.6 is 0 Å². The fourth-order valence-corrected chi connectivity index (χ4v) is 5.61. The smallest absolute Gasteiger partial charge is 0.254 e. The van der Waals surface area contributed by atoms with Crippen LogP contribution < -0.4 is 14.2 Å². The van der Waals surface area contributed by atoms with Gasteiger partial charge in [-0.1, -0.05) is 24.3 Å². The highest BCUT2D eigenvalue weighted by molar-refractivity contribution is 5.95. The van der Waals surface area contributed by atoms with Crippen molar-refractivity contribution in [2.75, 3.05) is 47.5 Å². The summed E-state index contributed by atoms with van der Waals surface area (Å²) >= 11 is 0. The molecule has 0 radical (unpaired) electrons. The van der Waals surface area contributed by atoms with E-state index in [2.05, 4.69) is 29.2 Å². The van der Waals surface area contributed by atoms with Crippen molar-refractivity contribution in [1.29, 1.82) is 0 Å². The topological polar surface area (TPSA) is 51.2 Å². The average molecular weight is 451 g/mol. The first-order valence-corrected chi connectivity index (χ1v) is 12.0. The van der Waals surface area contributed by atoms with Crippen LogP contribution in [0.3, 0.4) is 0 Å². The SMILES string of the molecule is COc1cc(C(=O)N2CCC3(CC2)CN(Cc2ccccc2C2CC2)C3)cc(OC)c1OC. The zero-order valence-electron chi connectivity index (χ0n) is 19.9. The predicted octanol–water partition coefficient (Wildman–Crippen LogP) is 4.33. The maximum atomic E-state index is 13.2. The molecule has 1 amide bonds. The molecule has 6 nitrogen and oxygen atoms in total. The minimum Gasteiger partial charge on any atom is -0.493 e. The molecule has 0 N–H and O–H groups in total. The average Bonchev–Trinajstić information content (AvgIpc) is 3.68. The maximum Gasteiger partial charge on any atom is 0.254 e. The lowest BCUT2D eigenvalue weighted by molar-refractivity contribution is -0.0466. The highest BCUT2D eigenvalue weighted by Crippen LogP contribution is 2.45. The molecule has 1 saturated carbocycles. The van der Waals surface area contributed by atoms with Gasteiger partial charge in [0.1, 0.15) is 0 Å². The Labute approximate surface area is 196 Å². The molecule has 0 atom stereocenters. The number of carbonyl (C=O) groups excluding carboxylic acids is 1. The molecule has 2 aliphatic heterocycles. The molecule has 176 valence electrons. The van der Waals surface area contributed by atoms with E-state index in [1.54, 1.807) is 39.0 Å². The fraction of sp³-hybridized carbons (Fsp3) is 0.519. The number of nitrogens with zero attached hydrogens (tertiary/aromatic N) is 2. The molecule has 33 heavy (non-hydrogen) atoms. The van der Waals surface area contributed by atoms with Gasteiger partial charge < -0.3 is 19.1 Å².